The summed E-state index contributed by atoms with van der Waals surface area (Å²) in [5.74, 6) is -0.0204. The molecule has 1 aliphatic heterocycles. The van der Waals surface area contributed by atoms with Gasteiger partial charge in [0.2, 0.25) is 0 Å². The van der Waals surface area contributed by atoms with Gasteiger partial charge in [0.25, 0.3) is 5.91 Å². The van der Waals surface area contributed by atoms with E-state index in [4.69, 9.17) is 4.42 Å². The molecule has 2 unspecified atom stereocenters. The zero-order valence-electron chi connectivity index (χ0n) is 12.5. The lowest BCUT2D eigenvalue weighted by Gasteiger charge is -2.13. The Kier molecular flexibility index (Phi) is 4.40. The monoisotopic (exact) mass is 305 g/mol. The van der Waals surface area contributed by atoms with Gasteiger partial charge in [0, 0.05) is 24.5 Å². The van der Waals surface area contributed by atoms with Crippen molar-refractivity contribution < 1.29 is 13.6 Å². The van der Waals surface area contributed by atoms with Crippen molar-refractivity contribution in [2.75, 3.05) is 13.1 Å². The first-order valence-corrected chi connectivity index (χ1v) is 7.60. The lowest BCUT2D eigenvalue weighted by atomic mass is 9.98. The number of amides is 1. The smallest absolute Gasteiger partial charge is 0.287 e. The number of benzene rings is 1. The first kappa shape index (κ1) is 15.0. The molecule has 6 heteroatoms. The van der Waals surface area contributed by atoms with E-state index >= 15 is 0 Å². The van der Waals surface area contributed by atoms with E-state index in [0.29, 0.717) is 23.9 Å². The van der Waals surface area contributed by atoms with Gasteiger partial charge in [-0.15, -0.1) is 0 Å². The fraction of sp³-hybridized carbons (Fsp3) is 0.438. The van der Waals surface area contributed by atoms with E-state index in [2.05, 4.69) is 23.1 Å². The number of furan rings is 1. The van der Waals surface area contributed by atoms with Crippen LogP contribution in [0.4, 0.5) is 4.39 Å². The Morgan fingerprint density at radius 3 is 3.09 bits per heavy atom. The molecule has 2 heterocycles. The van der Waals surface area contributed by atoms with Gasteiger partial charge in [-0.3, -0.25) is 15.6 Å². The van der Waals surface area contributed by atoms with Crippen LogP contribution in [-0.2, 0) is 0 Å². The summed E-state index contributed by atoms with van der Waals surface area (Å²) in [6.45, 7) is 3.69. The van der Waals surface area contributed by atoms with Crippen molar-refractivity contribution in [3.05, 3.63) is 35.8 Å². The van der Waals surface area contributed by atoms with E-state index in [0.717, 1.165) is 19.4 Å². The van der Waals surface area contributed by atoms with E-state index in [-0.39, 0.29) is 17.3 Å². The number of hydrogen-bond donors (Lipinski definition) is 3. The molecule has 0 radical (unpaired) electrons. The number of nitrogens with one attached hydrogen (secondary N) is 3. The largest absolute Gasteiger partial charge is 0.448 e. The van der Waals surface area contributed by atoms with Gasteiger partial charge in [0.1, 0.15) is 0 Å². The summed E-state index contributed by atoms with van der Waals surface area (Å²) in [7, 11) is 0. The topological polar surface area (TPSA) is 66.3 Å². The number of carbonyl (C=O) groups excluding carboxylic acids is 1. The van der Waals surface area contributed by atoms with Crippen LogP contribution in [-0.4, -0.2) is 25.0 Å². The van der Waals surface area contributed by atoms with E-state index in [1.807, 2.05) is 0 Å². The van der Waals surface area contributed by atoms with E-state index in [9.17, 15) is 9.18 Å². The Morgan fingerprint density at radius 2 is 2.36 bits per heavy atom. The fourth-order valence-corrected chi connectivity index (χ4v) is 2.79. The summed E-state index contributed by atoms with van der Waals surface area (Å²) in [6, 6.07) is 6.66. The Morgan fingerprint density at radius 1 is 1.50 bits per heavy atom. The first-order valence-electron chi connectivity index (χ1n) is 7.60. The summed E-state index contributed by atoms with van der Waals surface area (Å²) in [6.07, 6.45) is 1.94. The highest BCUT2D eigenvalue weighted by Crippen LogP contribution is 2.22. The number of para-hydroxylation sites is 1. The molecule has 3 N–H and O–H groups in total. The van der Waals surface area contributed by atoms with Crippen LogP contribution in [0.1, 0.15) is 30.3 Å². The molecular formula is C16H20FN3O2. The van der Waals surface area contributed by atoms with Gasteiger partial charge >= 0.3 is 0 Å². The number of hydrazine groups is 1. The van der Waals surface area contributed by atoms with Gasteiger partial charge < -0.3 is 9.73 Å². The van der Waals surface area contributed by atoms with Crippen molar-refractivity contribution in [1.29, 1.82) is 0 Å². The molecule has 0 saturated carbocycles. The maximum absolute atomic E-state index is 13.5. The van der Waals surface area contributed by atoms with Crippen LogP contribution < -0.4 is 16.2 Å². The summed E-state index contributed by atoms with van der Waals surface area (Å²) in [4.78, 5) is 12.0. The third-order valence-corrected chi connectivity index (χ3v) is 4.16. The third-order valence-electron chi connectivity index (χ3n) is 4.16. The molecular weight excluding hydrogens is 285 g/mol. The molecule has 0 aliphatic carbocycles. The van der Waals surface area contributed by atoms with Crippen molar-refractivity contribution in [3.8, 4) is 0 Å². The Labute approximate surface area is 128 Å². The van der Waals surface area contributed by atoms with Gasteiger partial charge in [-0.2, -0.15) is 0 Å². The van der Waals surface area contributed by atoms with Gasteiger partial charge in [-0.25, -0.2) is 4.39 Å². The summed E-state index contributed by atoms with van der Waals surface area (Å²) >= 11 is 0. The fourth-order valence-electron chi connectivity index (χ4n) is 2.79. The Bertz CT molecular complexity index is 670. The predicted molar refractivity (Wildman–Crippen MR) is 81.8 cm³/mol. The second-order valence-electron chi connectivity index (χ2n) is 5.74. The van der Waals surface area contributed by atoms with Crippen LogP contribution >= 0.6 is 0 Å². The summed E-state index contributed by atoms with van der Waals surface area (Å²) in [5.41, 5.74) is 6.44. The molecule has 1 amide bonds. The van der Waals surface area contributed by atoms with E-state index in [1.54, 1.807) is 18.2 Å². The maximum Gasteiger partial charge on any atom is 0.287 e. The molecule has 1 fully saturated rings. The molecule has 2 atom stereocenters. The Hall–Kier alpha value is -1.92. The molecule has 1 aromatic carbocycles. The number of hydrogen-bond acceptors (Lipinski definition) is 4. The molecule has 1 saturated heterocycles. The molecule has 5 nitrogen and oxygen atoms in total. The number of fused-ring (bicyclic) bond motifs is 1. The van der Waals surface area contributed by atoms with Crippen molar-refractivity contribution in [2.24, 2.45) is 5.92 Å². The van der Waals surface area contributed by atoms with E-state index in [1.165, 1.54) is 6.07 Å². The molecule has 118 valence electrons. The highest BCUT2D eigenvalue weighted by molar-refractivity contribution is 5.96. The highest BCUT2D eigenvalue weighted by atomic mass is 19.1. The van der Waals surface area contributed by atoms with Gasteiger partial charge in [0.05, 0.1) is 0 Å². The minimum absolute atomic E-state index is 0.129. The molecule has 22 heavy (non-hydrogen) atoms. The normalized spacial score (nSPS) is 21.4. The number of rotatable bonds is 5. The lowest BCUT2D eigenvalue weighted by molar-refractivity contribution is 0.0926. The van der Waals surface area contributed by atoms with Gasteiger partial charge in [0.15, 0.2) is 17.2 Å². The Balaban J connectivity index is 1.51. The highest BCUT2D eigenvalue weighted by Gasteiger charge is 2.22. The van der Waals surface area contributed by atoms with Crippen LogP contribution in [0.3, 0.4) is 0 Å². The standard InChI is InChI=1S/C16H20FN3O2/c1-10-12(9-19-20-10)5-3-7-18-16(21)14-8-11-4-2-6-13(17)15(11)22-14/h2,4,6,8,10,12,19-20H,3,5,7,9H2,1H3,(H,18,21). The van der Waals surface area contributed by atoms with Crippen molar-refractivity contribution in [1.82, 2.24) is 16.2 Å². The minimum Gasteiger partial charge on any atom is -0.448 e. The minimum atomic E-state index is -0.452. The quantitative estimate of drug-likeness (QED) is 0.741. The van der Waals surface area contributed by atoms with Crippen LogP contribution in [0, 0.1) is 11.7 Å². The average Bonchev–Trinajstić information content (AvgIpc) is 3.11. The van der Waals surface area contributed by atoms with Gasteiger partial charge in [-0.05, 0) is 37.8 Å². The molecule has 3 rings (SSSR count). The van der Waals surface area contributed by atoms with Gasteiger partial charge in [-0.1, -0.05) is 12.1 Å². The molecule has 2 aromatic rings. The SMILES string of the molecule is CC1NNCC1CCCNC(=O)c1cc2cccc(F)c2o1. The first-order chi connectivity index (χ1) is 10.6. The van der Waals surface area contributed by atoms with Crippen molar-refractivity contribution in [2.45, 2.75) is 25.8 Å². The average molecular weight is 305 g/mol. The third kappa shape index (κ3) is 3.13. The predicted octanol–water partition coefficient (Wildman–Crippen LogP) is 2.19. The zero-order chi connectivity index (χ0) is 15.5. The van der Waals surface area contributed by atoms with E-state index < -0.39 is 5.82 Å². The van der Waals surface area contributed by atoms with Crippen LogP contribution in [0.5, 0.6) is 0 Å². The van der Waals surface area contributed by atoms with Crippen molar-refractivity contribution in [3.63, 3.8) is 0 Å². The number of halogens is 1. The maximum atomic E-state index is 13.5. The van der Waals surface area contributed by atoms with Crippen LogP contribution in [0.2, 0.25) is 0 Å². The lowest BCUT2D eigenvalue weighted by Crippen LogP contribution is -2.29. The zero-order valence-corrected chi connectivity index (χ0v) is 12.5. The van der Waals surface area contributed by atoms with Crippen molar-refractivity contribution >= 4 is 16.9 Å². The second-order valence-corrected chi connectivity index (χ2v) is 5.74. The molecule has 0 bridgehead atoms. The molecule has 1 aromatic heterocycles. The van der Waals surface area contributed by atoms with Crippen LogP contribution in [0.15, 0.2) is 28.7 Å². The molecule has 0 spiro atoms. The number of carbonyl (C=O) groups is 1. The molecule has 1 aliphatic rings. The summed E-state index contributed by atoms with van der Waals surface area (Å²) in [5, 5.41) is 3.42. The summed E-state index contributed by atoms with van der Waals surface area (Å²) < 4.78 is 18.8. The van der Waals surface area contributed by atoms with Crippen LogP contribution in [0.25, 0.3) is 11.0 Å². The second kappa shape index (κ2) is 6.46.